The van der Waals surface area contributed by atoms with Gasteiger partial charge in [0.1, 0.15) is 11.9 Å². The zero-order valence-electron chi connectivity index (χ0n) is 19.6. The van der Waals surface area contributed by atoms with Gasteiger partial charge < -0.3 is 15.1 Å². The first kappa shape index (κ1) is 23.9. The minimum absolute atomic E-state index is 0.0412. The highest BCUT2D eigenvalue weighted by Crippen LogP contribution is 2.25. The molecule has 0 aromatic heterocycles. The van der Waals surface area contributed by atoms with Gasteiger partial charge in [-0.1, -0.05) is 30.3 Å². The maximum absolute atomic E-state index is 14.1. The molecule has 3 amide bonds. The maximum atomic E-state index is 14.1. The highest BCUT2D eigenvalue weighted by Gasteiger charge is 2.37. The SMILES string of the molecule is Cc1ccccc1C(=O)N[C@@H](C(=O)N1CCCCC1)C1CCN(C(=O)c2ccccc2F)CC1. The van der Waals surface area contributed by atoms with Crippen LogP contribution in [0.25, 0.3) is 0 Å². The van der Waals surface area contributed by atoms with E-state index in [1.807, 2.05) is 30.0 Å². The van der Waals surface area contributed by atoms with Crippen molar-refractivity contribution in [1.82, 2.24) is 15.1 Å². The summed E-state index contributed by atoms with van der Waals surface area (Å²) in [6, 6.07) is 12.7. The molecule has 4 rings (SSSR count). The van der Waals surface area contributed by atoms with E-state index >= 15 is 0 Å². The Morgan fingerprint density at radius 1 is 0.853 bits per heavy atom. The molecule has 1 N–H and O–H groups in total. The summed E-state index contributed by atoms with van der Waals surface area (Å²) < 4.78 is 14.1. The van der Waals surface area contributed by atoms with Crippen molar-refractivity contribution in [2.45, 2.75) is 45.1 Å². The number of piperidine rings is 2. The number of hydrogen-bond acceptors (Lipinski definition) is 3. The standard InChI is InChI=1S/C27H32FN3O3/c1-19-9-3-4-10-21(19)25(32)29-24(27(34)30-15-7-2-8-16-30)20-13-17-31(18-14-20)26(33)22-11-5-6-12-23(22)28/h3-6,9-12,20,24H,2,7-8,13-18H2,1H3,(H,29,32)/t24-/m1/s1. The second kappa shape index (κ2) is 10.8. The predicted octanol–water partition coefficient (Wildman–Crippen LogP) is 3.80. The summed E-state index contributed by atoms with van der Waals surface area (Å²) in [5.41, 5.74) is 1.48. The molecule has 7 heteroatoms. The van der Waals surface area contributed by atoms with Crippen LogP contribution in [-0.4, -0.2) is 59.7 Å². The van der Waals surface area contributed by atoms with Crippen LogP contribution in [0.15, 0.2) is 48.5 Å². The number of hydrogen-bond donors (Lipinski definition) is 1. The molecule has 2 heterocycles. The fourth-order valence-corrected chi connectivity index (χ4v) is 4.98. The Balaban J connectivity index is 1.48. The molecule has 0 aliphatic carbocycles. The van der Waals surface area contributed by atoms with Crippen LogP contribution in [0.4, 0.5) is 4.39 Å². The topological polar surface area (TPSA) is 69.7 Å². The van der Waals surface area contributed by atoms with E-state index in [0.717, 1.165) is 24.8 Å². The molecule has 0 unspecified atom stereocenters. The van der Waals surface area contributed by atoms with Gasteiger partial charge in [-0.15, -0.1) is 0 Å². The number of likely N-dealkylation sites (tertiary alicyclic amines) is 2. The van der Waals surface area contributed by atoms with E-state index in [4.69, 9.17) is 0 Å². The average Bonchev–Trinajstić information content (AvgIpc) is 2.87. The lowest BCUT2D eigenvalue weighted by Gasteiger charge is -2.38. The van der Waals surface area contributed by atoms with E-state index < -0.39 is 11.9 Å². The quantitative estimate of drug-likeness (QED) is 0.730. The minimum atomic E-state index is -0.643. The van der Waals surface area contributed by atoms with Gasteiger partial charge in [0.15, 0.2) is 0 Å². The summed E-state index contributed by atoms with van der Waals surface area (Å²) in [7, 11) is 0. The lowest BCUT2D eigenvalue weighted by molar-refractivity contribution is -0.136. The summed E-state index contributed by atoms with van der Waals surface area (Å²) >= 11 is 0. The van der Waals surface area contributed by atoms with Crippen molar-refractivity contribution in [3.63, 3.8) is 0 Å². The van der Waals surface area contributed by atoms with Crippen LogP contribution in [0, 0.1) is 18.7 Å². The summed E-state index contributed by atoms with van der Waals surface area (Å²) in [6.07, 6.45) is 4.19. The van der Waals surface area contributed by atoms with Gasteiger partial charge in [-0.05, 0) is 68.7 Å². The lowest BCUT2D eigenvalue weighted by atomic mass is 9.87. The molecular formula is C27H32FN3O3. The molecule has 0 saturated carbocycles. The average molecular weight is 466 g/mol. The Morgan fingerprint density at radius 2 is 1.47 bits per heavy atom. The van der Waals surface area contributed by atoms with Crippen molar-refractivity contribution in [1.29, 1.82) is 0 Å². The van der Waals surface area contributed by atoms with Gasteiger partial charge in [0.05, 0.1) is 5.56 Å². The van der Waals surface area contributed by atoms with Crippen molar-refractivity contribution in [3.05, 3.63) is 71.0 Å². The third-order valence-electron chi connectivity index (χ3n) is 7.01. The monoisotopic (exact) mass is 465 g/mol. The Morgan fingerprint density at radius 3 is 2.12 bits per heavy atom. The molecule has 2 aromatic carbocycles. The van der Waals surface area contributed by atoms with Gasteiger partial charge in [-0.2, -0.15) is 0 Å². The van der Waals surface area contributed by atoms with Gasteiger partial charge >= 0.3 is 0 Å². The highest BCUT2D eigenvalue weighted by molar-refractivity contribution is 5.99. The van der Waals surface area contributed by atoms with E-state index in [1.165, 1.54) is 12.1 Å². The number of halogens is 1. The molecule has 2 saturated heterocycles. The number of nitrogens with zero attached hydrogens (tertiary/aromatic N) is 2. The Bertz CT molecular complexity index is 1040. The number of aryl methyl sites for hydroxylation is 1. The van der Waals surface area contributed by atoms with Crippen LogP contribution < -0.4 is 5.32 Å². The summed E-state index contributed by atoms with van der Waals surface area (Å²) in [6.45, 7) is 4.13. The van der Waals surface area contributed by atoms with Crippen molar-refractivity contribution in [2.75, 3.05) is 26.2 Å². The van der Waals surface area contributed by atoms with Crippen molar-refractivity contribution in [3.8, 4) is 0 Å². The van der Waals surface area contributed by atoms with Crippen LogP contribution in [0.1, 0.15) is 58.4 Å². The van der Waals surface area contributed by atoms with Crippen LogP contribution in [0.5, 0.6) is 0 Å². The van der Waals surface area contributed by atoms with Crippen LogP contribution in [0.3, 0.4) is 0 Å². The van der Waals surface area contributed by atoms with Crippen molar-refractivity contribution < 1.29 is 18.8 Å². The summed E-state index contributed by atoms with van der Waals surface area (Å²) in [5.74, 6) is -1.25. The predicted molar refractivity (Wildman–Crippen MR) is 128 cm³/mol. The van der Waals surface area contributed by atoms with Gasteiger partial charge in [-0.3, -0.25) is 14.4 Å². The van der Waals surface area contributed by atoms with Gasteiger partial charge in [0.25, 0.3) is 11.8 Å². The molecule has 2 aromatic rings. The van der Waals surface area contributed by atoms with E-state index in [2.05, 4.69) is 5.32 Å². The third-order valence-corrected chi connectivity index (χ3v) is 7.01. The molecule has 2 aliphatic heterocycles. The zero-order valence-corrected chi connectivity index (χ0v) is 19.6. The zero-order chi connectivity index (χ0) is 24.1. The van der Waals surface area contributed by atoms with Gasteiger partial charge in [0, 0.05) is 31.7 Å². The van der Waals surface area contributed by atoms with E-state index in [9.17, 15) is 18.8 Å². The fraction of sp³-hybridized carbons (Fsp3) is 0.444. The van der Waals surface area contributed by atoms with Crippen LogP contribution >= 0.6 is 0 Å². The molecule has 0 radical (unpaired) electrons. The molecule has 0 bridgehead atoms. The highest BCUT2D eigenvalue weighted by atomic mass is 19.1. The Kier molecular flexibility index (Phi) is 7.60. The number of benzene rings is 2. The van der Waals surface area contributed by atoms with Crippen molar-refractivity contribution in [2.24, 2.45) is 5.92 Å². The van der Waals surface area contributed by atoms with E-state index in [1.54, 1.807) is 23.1 Å². The van der Waals surface area contributed by atoms with Crippen molar-refractivity contribution >= 4 is 17.7 Å². The lowest BCUT2D eigenvalue weighted by Crippen LogP contribution is -2.55. The normalized spacial score (nSPS) is 17.8. The fourth-order valence-electron chi connectivity index (χ4n) is 4.98. The summed E-state index contributed by atoms with van der Waals surface area (Å²) in [5, 5.41) is 3.03. The molecule has 2 fully saturated rings. The minimum Gasteiger partial charge on any atom is -0.341 e. The molecule has 2 aliphatic rings. The summed E-state index contributed by atoms with van der Waals surface area (Å²) in [4.78, 5) is 42.9. The second-order valence-corrected chi connectivity index (χ2v) is 9.26. The molecule has 6 nitrogen and oxygen atoms in total. The first-order chi connectivity index (χ1) is 16.5. The first-order valence-electron chi connectivity index (χ1n) is 12.1. The molecule has 0 spiro atoms. The molecule has 34 heavy (non-hydrogen) atoms. The number of carbonyl (C=O) groups is 3. The number of rotatable bonds is 5. The Labute approximate surface area is 200 Å². The third kappa shape index (κ3) is 5.29. The number of carbonyl (C=O) groups excluding carboxylic acids is 3. The van der Waals surface area contributed by atoms with Gasteiger partial charge in [-0.25, -0.2) is 4.39 Å². The largest absolute Gasteiger partial charge is 0.341 e. The Hall–Kier alpha value is -3.22. The molecular weight excluding hydrogens is 433 g/mol. The van der Waals surface area contributed by atoms with E-state index in [-0.39, 0.29) is 29.2 Å². The molecule has 1 atom stereocenters. The number of amides is 3. The van der Waals surface area contributed by atoms with Gasteiger partial charge in [0.2, 0.25) is 5.91 Å². The molecule has 180 valence electrons. The smallest absolute Gasteiger partial charge is 0.256 e. The van der Waals surface area contributed by atoms with Crippen LogP contribution in [-0.2, 0) is 4.79 Å². The number of nitrogens with one attached hydrogen (secondary N) is 1. The van der Waals surface area contributed by atoms with E-state index in [0.29, 0.717) is 44.6 Å². The first-order valence-corrected chi connectivity index (χ1v) is 12.1. The second-order valence-electron chi connectivity index (χ2n) is 9.26. The van der Waals surface area contributed by atoms with Crippen LogP contribution in [0.2, 0.25) is 0 Å². The maximum Gasteiger partial charge on any atom is 0.256 e.